The fraction of sp³-hybridized carbons (Fsp3) is 0.333. The van der Waals surface area contributed by atoms with Crippen LogP contribution in [0.2, 0.25) is 0 Å². The second-order valence-electron chi connectivity index (χ2n) is 3.29. The molecule has 0 aliphatic heterocycles. The molecule has 0 atom stereocenters. The monoisotopic (exact) mass is 263 g/mol. The zero-order chi connectivity index (χ0) is 12.5. The molecule has 17 heavy (non-hydrogen) atoms. The standard InChI is InChI=1S/C9H8F3N3OS/c1-5-2-3-6(16-5)4-13-8-14-7(15-17-8)9(10,11)12/h2-3H,4H2,1H3,(H,13,14,15). The van der Waals surface area contributed by atoms with Crippen molar-refractivity contribution in [2.24, 2.45) is 0 Å². The molecule has 0 aromatic carbocycles. The van der Waals surface area contributed by atoms with Gasteiger partial charge in [-0.15, -0.1) is 0 Å². The summed E-state index contributed by atoms with van der Waals surface area (Å²) in [5, 5.41) is 2.83. The fourth-order valence-electron chi connectivity index (χ4n) is 1.15. The van der Waals surface area contributed by atoms with Crippen molar-refractivity contribution in [2.75, 3.05) is 5.32 Å². The third kappa shape index (κ3) is 2.96. The number of nitrogens with zero attached hydrogens (tertiary/aromatic N) is 2. The van der Waals surface area contributed by atoms with E-state index in [4.69, 9.17) is 4.42 Å². The highest BCUT2D eigenvalue weighted by atomic mass is 32.1. The van der Waals surface area contributed by atoms with E-state index in [0.717, 1.165) is 5.76 Å². The van der Waals surface area contributed by atoms with Gasteiger partial charge >= 0.3 is 6.18 Å². The molecule has 0 bridgehead atoms. The number of anilines is 1. The van der Waals surface area contributed by atoms with E-state index in [1.807, 2.05) is 0 Å². The Bertz CT molecular complexity index is 506. The maximum absolute atomic E-state index is 12.2. The molecule has 0 aliphatic rings. The quantitative estimate of drug-likeness (QED) is 0.924. The summed E-state index contributed by atoms with van der Waals surface area (Å²) in [7, 11) is 0. The van der Waals surface area contributed by atoms with Gasteiger partial charge in [0.15, 0.2) is 0 Å². The number of hydrogen-bond donors (Lipinski definition) is 1. The average Bonchev–Trinajstić information content (AvgIpc) is 2.82. The molecule has 0 saturated carbocycles. The minimum absolute atomic E-state index is 0.117. The van der Waals surface area contributed by atoms with E-state index >= 15 is 0 Å². The van der Waals surface area contributed by atoms with Gasteiger partial charge in [0.1, 0.15) is 11.5 Å². The molecule has 0 amide bonds. The Morgan fingerprint density at radius 1 is 1.41 bits per heavy atom. The molecule has 2 aromatic rings. The minimum Gasteiger partial charge on any atom is -0.465 e. The van der Waals surface area contributed by atoms with Crippen LogP contribution < -0.4 is 5.32 Å². The van der Waals surface area contributed by atoms with E-state index in [1.54, 1.807) is 19.1 Å². The van der Waals surface area contributed by atoms with Crippen molar-refractivity contribution in [1.82, 2.24) is 9.36 Å². The van der Waals surface area contributed by atoms with Crippen LogP contribution in [0.15, 0.2) is 16.5 Å². The molecule has 92 valence electrons. The zero-order valence-electron chi connectivity index (χ0n) is 8.71. The summed E-state index contributed by atoms with van der Waals surface area (Å²) in [5.74, 6) is 0.252. The predicted molar refractivity (Wildman–Crippen MR) is 55.7 cm³/mol. The summed E-state index contributed by atoms with van der Waals surface area (Å²) in [5.41, 5.74) is 0. The van der Waals surface area contributed by atoms with Gasteiger partial charge in [-0.25, -0.2) is 0 Å². The molecular weight excluding hydrogens is 255 g/mol. The highest BCUT2D eigenvalue weighted by Crippen LogP contribution is 2.29. The van der Waals surface area contributed by atoms with E-state index in [2.05, 4.69) is 14.7 Å². The van der Waals surface area contributed by atoms with Gasteiger partial charge < -0.3 is 9.73 Å². The van der Waals surface area contributed by atoms with Crippen LogP contribution in [0.3, 0.4) is 0 Å². The van der Waals surface area contributed by atoms with Gasteiger partial charge in [-0.05, 0) is 19.1 Å². The van der Waals surface area contributed by atoms with Gasteiger partial charge in [0.25, 0.3) is 0 Å². The number of furan rings is 1. The van der Waals surface area contributed by atoms with Crippen LogP contribution in [-0.2, 0) is 12.7 Å². The number of aryl methyl sites for hydroxylation is 1. The summed E-state index contributed by atoms with van der Waals surface area (Å²) in [6.07, 6.45) is -4.50. The molecule has 2 heterocycles. The molecule has 0 unspecified atom stereocenters. The van der Waals surface area contributed by atoms with Crippen molar-refractivity contribution in [1.29, 1.82) is 0 Å². The zero-order valence-corrected chi connectivity index (χ0v) is 9.52. The van der Waals surface area contributed by atoms with Crippen LogP contribution in [0, 0.1) is 6.92 Å². The molecule has 2 rings (SSSR count). The van der Waals surface area contributed by atoms with Gasteiger partial charge in [-0.3, -0.25) is 0 Å². The molecule has 1 N–H and O–H groups in total. The number of halogens is 3. The maximum atomic E-state index is 12.2. The number of nitrogens with one attached hydrogen (secondary N) is 1. The lowest BCUT2D eigenvalue weighted by molar-refractivity contribution is -0.144. The van der Waals surface area contributed by atoms with Crippen LogP contribution in [-0.4, -0.2) is 9.36 Å². The minimum atomic E-state index is -4.50. The van der Waals surface area contributed by atoms with Crippen LogP contribution in [0.1, 0.15) is 17.3 Å². The van der Waals surface area contributed by atoms with E-state index in [9.17, 15) is 13.2 Å². The molecular formula is C9H8F3N3OS. The summed E-state index contributed by atoms with van der Waals surface area (Å²) in [6.45, 7) is 2.07. The first kappa shape index (κ1) is 11.9. The first-order valence-electron chi connectivity index (χ1n) is 4.65. The highest BCUT2D eigenvalue weighted by molar-refractivity contribution is 7.09. The van der Waals surface area contributed by atoms with Gasteiger partial charge in [0.2, 0.25) is 11.0 Å². The topological polar surface area (TPSA) is 51.0 Å². The number of hydrogen-bond acceptors (Lipinski definition) is 5. The van der Waals surface area contributed by atoms with Crippen LogP contribution >= 0.6 is 11.5 Å². The maximum Gasteiger partial charge on any atom is 0.452 e. The second-order valence-corrected chi connectivity index (χ2v) is 4.04. The van der Waals surface area contributed by atoms with Gasteiger partial charge in [-0.2, -0.15) is 22.5 Å². The largest absolute Gasteiger partial charge is 0.465 e. The Kier molecular flexibility index (Phi) is 3.05. The second kappa shape index (κ2) is 4.36. The molecule has 0 spiro atoms. The van der Waals surface area contributed by atoms with Crippen LogP contribution in [0.4, 0.5) is 18.3 Å². The third-order valence-corrected chi connectivity index (χ3v) is 2.56. The first-order chi connectivity index (χ1) is 7.95. The van der Waals surface area contributed by atoms with E-state index in [-0.39, 0.29) is 11.7 Å². The normalized spacial score (nSPS) is 11.8. The lowest BCUT2D eigenvalue weighted by atomic mass is 10.4. The van der Waals surface area contributed by atoms with Gasteiger partial charge in [-0.1, -0.05) is 0 Å². The predicted octanol–water partition coefficient (Wildman–Crippen LogP) is 3.07. The number of aromatic nitrogens is 2. The summed E-state index contributed by atoms with van der Waals surface area (Å²) >= 11 is 0.669. The first-order valence-corrected chi connectivity index (χ1v) is 5.42. The highest BCUT2D eigenvalue weighted by Gasteiger charge is 2.36. The summed E-state index contributed by atoms with van der Waals surface area (Å²) in [4.78, 5) is 3.33. The van der Waals surface area contributed by atoms with Crippen molar-refractivity contribution in [3.8, 4) is 0 Å². The molecule has 4 nitrogen and oxygen atoms in total. The van der Waals surface area contributed by atoms with Crippen molar-refractivity contribution < 1.29 is 17.6 Å². The molecule has 0 aliphatic carbocycles. The molecule has 8 heteroatoms. The van der Waals surface area contributed by atoms with Crippen molar-refractivity contribution in [3.05, 3.63) is 29.5 Å². The van der Waals surface area contributed by atoms with Crippen molar-refractivity contribution in [2.45, 2.75) is 19.6 Å². The Morgan fingerprint density at radius 2 is 2.18 bits per heavy atom. The fourth-order valence-corrected chi connectivity index (χ4v) is 1.73. The smallest absolute Gasteiger partial charge is 0.452 e. The average molecular weight is 263 g/mol. The van der Waals surface area contributed by atoms with E-state index in [0.29, 0.717) is 17.3 Å². The summed E-state index contributed by atoms with van der Waals surface area (Å²) < 4.78 is 45.1. The van der Waals surface area contributed by atoms with Crippen molar-refractivity contribution in [3.63, 3.8) is 0 Å². The summed E-state index contributed by atoms with van der Waals surface area (Å²) in [6, 6.07) is 3.52. The third-order valence-electron chi connectivity index (χ3n) is 1.89. The molecule has 0 saturated heterocycles. The Morgan fingerprint density at radius 3 is 2.71 bits per heavy atom. The SMILES string of the molecule is Cc1ccc(CNc2nc(C(F)(F)F)ns2)o1. The van der Waals surface area contributed by atoms with Gasteiger partial charge in [0.05, 0.1) is 6.54 Å². The molecule has 0 radical (unpaired) electrons. The van der Waals surface area contributed by atoms with E-state index < -0.39 is 12.0 Å². The lowest BCUT2D eigenvalue weighted by Gasteiger charge is -1.99. The molecule has 2 aromatic heterocycles. The van der Waals surface area contributed by atoms with Crippen LogP contribution in [0.25, 0.3) is 0 Å². The Labute approximate surface area is 98.6 Å². The van der Waals surface area contributed by atoms with E-state index in [1.165, 1.54) is 0 Å². The number of alkyl halides is 3. The Balaban J connectivity index is 1.98. The number of rotatable bonds is 3. The Hall–Kier alpha value is -1.57. The van der Waals surface area contributed by atoms with Gasteiger partial charge in [0, 0.05) is 11.5 Å². The van der Waals surface area contributed by atoms with Crippen LogP contribution in [0.5, 0.6) is 0 Å². The molecule has 0 fully saturated rings. The lowest BCUT2D eigenvalue weighted by Crippen LogP contribution is -2.07. The van der Waals surface area contributed by atoms with Crippen molar-refractivity contribution >= 4 is 16.7 Å².